The van der Waals surface area contributed by atoms with E-state index >= 15 is 0 Å². The number of para-hydroxylation sites is 1. The van der Waals surface area contributed by atoms with Gasteiger partial charge in [0.15, 0.2) is 5.65 Å². The van der Waals surface area contributed by atoms with E-state index in [4.69, 9.17) is 43.6 Å². The molecule has 34 heavy (non-hydrogen) atoms. The molecule has 2 aliphatic rings. The topological polar surface area (TPSA) is 140 Å². The number of fused-ring (bicyclic) bond motifs is 1. The Labute approximate surface area is 205 Å². The van der Waals surface area contributed by atoms with E-state index in [2.05, 4.69) is 15.6 Å². The van der Waals surface area contributed by atoms with Crippen LogP contribution in [0.25, 0.3) is 11.2 Å². The van der Waals surface area contributed by atoms with Gasteiger partial charge < -0.3 is 26.2 Å². The first-order valence-corrected chi connectivity index (χ1v) is 11.9. The highest BCUT2D eigenvalue weighted by Crippen LogP contribution is 2.39. The van der Waals surface area contributed by atoms with E-state index in [9.17, 15) is 9.90 Å². The summed E-state index contributed by atoms with van der Waals surface area (Å²) in [5, 5.41) is 17.4. The average molecular weight is 506 g/mol. The predicted octanol–water partition coefficient (Wildman–Crippen LogP) is 3.26. The number of rotatable bonds is 6. The molecule has 2 atom stereocenters. The third-order valence-electron chi connectivity index (χ3n) is 6.46. The van der Waals surface area contributed by atoms with E-state index in [1.807, 2.05) is 4.57 Å². The van der Waals surface area contributed by atoms with Gasteiger partial charge in [0.2, 0.25) is 17.8 Å². The number of halogens is 2. The van der Waals surface area contributed by atoms with Gasteiger partial charge >= 0.3 is 0 Å². The first kappa shape index (κ1) is 23.1. The Bertz CT molecular complexity index is 1190. The zero-order valence-electron chi connectivity index (χ0n) is 18.2. The Morgan fingerprint density at radius 3 is 2.53 bits per heavy atom. The highest BCUT2D eigenvalue weighted by atomic mass is 35.5. The minimum absolute atomic E-state index is 0.0347. The molecule has 12 heteroatoms. The minimum atomic E-state index is -0.632. The molecule has 1 amide bonds. The maximum atomic E-state index is 11.7. The van der Waals surface area contributed by atoms with Crippen molar-refractivity contribution in [1.82, 2.24) is 19.5 Å². The second-order valence-electron chi connectivity index (χ2n) is 8.69. The summed E-state index contributed by atoms with van der Waals surface area (Å²) < 4.78 is 7.33. The van der Waals surface area contributed by atoms with Crippen LogP contribution in [0.2, 0.25) is 10.0 Å². The second kappa shape index (κ2) is 9.53. The van der Waals surface area contributed by atoms with Crippen molar-refractivity contribution in [3.05, 3.63) is 34.4 Å². The number of nitrogens with two attached hydrogens (primary N) is 1. The molecule has 0 spiro atoms. The fraction of sp³-hybridized carbons (Fsp3) is 0.455. The third kappa shape index (κ3) is 4.50. The Hall–Kier alpha value is -2.66. The van der Waals surface area contributed by atoms with Crippen LogP contribution < -0.4 is 16.4 Å². The quantitative estimate of drug-likeness (QED) is 0.400. The molecule has 0 radical (unpaired) electrons. The molecule has 1 aromatic carbocycles. The number of nitrogens with zero attached hydrogens (tertiary/aromatic N) is 4. The lowest BCUT2D eigenvalue weighted by molar-refractivity contribution is -0.122. The van der Waals surface area contributed by atoms with Gasteiger partial charge in [-0.2, -0.15) is 4.98 Å². The molecule has 2 aromatic heterocycles. The van der Waals surface area contributed by atoms with Crippen LogP contribution >= 0.6 is 23.2 Å². The van der Waals surface area contributed by atoms with Gasteiger partial charge in [0.1, 0.15) is 5.52 Å². The number of hydrogen-bond donors (Lipinski definition) is 4. The molecule has 2 unspecified atom stereocenters. The standard InChI is InChI=1S/C22H25Cl2N7O3/c23-13-2-1-3-14(24)18(13)29-22-28-15-8-26-21(27-16-9-34-10-17(16)32)30-20(15)31(22)12-6-4-11(5-7-12)19(25)33/h1-3,8,11-12,16-17,32H,4-7,9-10H2,(H2,25,33)(H,28,29)(H,26,27,30)/t11-,12+,16?,17?. The first-order chi connectivity index (χ1) is 16.4. The summed E-state index contributed by atoms with van der Waals surface area (Å²) >= 11 is 12.8. The van der Waals surface area contributed by atoms with Crippen LogP contribution in [0, 0.1) is 5.92 Å². The minimum Gasteiger partial charge on any atom is -0.388 e. The monoisotopic (exact) mass is 505 g/mol. The van der Waals surface area contributed by atoms with Gasteiger partial charge in [0.05, 0.1) is 47.3 Å². The lowest BCUT2D eigenvalue weighted by Gasteiger charge is -2.29. The Morgan fingerprint density at radius 1 is 1.15 bits per heavy atom. The summed E-state index contributed by atoms with van der Waals surface area (Å²) in [7, 11) is 0. The summed E-state index contributed by atoms with van der Waals surface area (Å²) in [6, 6.07) is 5.01. The number of amides is 1. The SMILES string of the molecule is NC(=O)[C@H]1CC[C@@H](n2c(Nc3c(Cl)cccc3Cl)nc3cnc(NC4COCC4O)nc32)CC1. The van der Waals surface area contributed by atoms with Crippen molar-refractivity contribution in [3.63, 3.8) is 0 Å². The van der Waals surface area contributed by atoms with Crippen molar-refractivity contribution < 1.29 is 14.6 Å². The fourth-order valence-corrected chi connectivity index (χ4v) is 5.08. The number of hydrogen-bond acceptors (Lipinski definition) is 8. The van der Waals surface area contributed by atoms with Crippen LogP contribution in [0.1, 0.15) is 31.7 Å². The first-order valence-electron chi connectivity index (χ1n) is 11.2. The number of primary amides is 1. The molecule has 0 bridgehead atoms. The predicted molar refractivity (Wildman–Crippen MR) is 129 cm³/mol. The lowest BCUT2D eigenvalue weighted by atomic mass is 9.85. The van der Waals surface area contributed by atoms with Crippen molar-refractivity contribution in [2.75, 3.05) is 23.8 Å². The Balaban J connectivity index is 1.53. The van der Waals surface area contributed by atoms with Crippen molar-refractivity contribution in [2.45, 2.75) is 43.9 Å². The van der Waals surface area contributed by atoms with Crippen molar-refractivity contribution in [3.8, 4) is 0 Å². The molecular weight excluding hydrogens is 481 g/mol. The smallest absolute Gasteiger partial charge is 0.225 e. The summed E-state index contributed by atoms with van der Waals surface area (Å²) in [4.78, 5) is 25.5. The van der Waals surface area contributed by atoms with Gasteiger partial charge in [-0.05, 0) is 37.8 Å². The Kier molecular flexibility index (Phi) is 6.48. The Morgan fingerprint density at radius 2 is 1.88 bits per heavy atom. The van der Waals surface area contributed by atoms with Gasteiger partial charge in [-0.25, -0.2) is 9.97 Å². The number of ether oxygens (including phenoxy) is 1. The summed E-state index contributed by atoms with van der Waals surface area (Å²) in [5.41, 5.74) is 7.30. The van der Waals surface area contributed by atoms with E-state index in [1.54, 1.807) is 24.4 Å². The van der Waals surface area contributed by atoms with Crippen molar-refractivity contribution >= 4 is 57.9 Å². The number of carbonyl (C=O) groups is 1. The number of anilines is 3. The molecule has 1 saturated heterocycles. The molecule has 1 aliphatic heterocycles. The van der Waals surface area contributed by atoms with Gasteiger partial charge in [0.25, 0.3) is 0 Å². The highest BCUT2D eigenvalue weighted by Gasteiger charge is 2.30. The number of aromatic nitrogens is 4. The number of benzene rings is 1. The highest BCUT2D eigenvalue weighted by molar-refractivity contribution is 6.39. The average Bonchev–Trinajstić information content (AvgIpc) is 3.39. The van der Waals surface area contributed by atoms with E-state index in [0.29, 0.717) is 58.2 Å². The zero-order chi connectivity index (χ0) is 23.8. The number of imidazole rings is 1. The molecule has 3 aromatic rings. The van der Waals surface area contributed by atoms with Crippen LogP contribution in [-0.2, 0) is 9.53 Å². The molecule has 3 heterocycles. The van der Waals surface area contributed by atoms with Crippen molar-refractivity contribution in [2.24, 2.45) is 11.7 Å². The van der Waals surface area contributed by atoms with Crippen LogP contribution in [-0.4, -0.2) is 55.9 Å². The van der Waals surface area contributed by atoms with Crippen LogP contribution in [0.5, 0.6) is 0 Å². The molecule has 2 fully saturated rings. The van der Waals surface area contributed by atoms with Crippen LogP contribution in [0.4, 0.5) is 17.6 Å². The summed E-state index contributed by atoms with van der Waals surface area (Å²) in [6.45, 7) is 0.643. The largest absolute Gasteiger partial charge is 0.388 e. The van der Waals surface area contributed by atoms with Gasteiger partial charge in [-0.1, -0.05) is 29.3 Å². The summed E-state index contributed by atoms with van der Waals surface area (Å²) in [5.74, 6) is 0.511. The number of nitrogens with one attached hydrogen (secondary N) is 2. The van der Waals surface area contributed by atoms with Gasteiger partial charge in [0, 0.05) is 12.0 Å². The fourth-order valence-electron chi connectivity index (χ4n) is 4.59. The lowest BCUT2D eigenvalue weighted by Crippen LogP contribution is -2.32. The number of aliphatic hydroxyl groups excluding tert-OH is 1. The van der Waals surface area contributed by atoms with E-state index < -0.39 is 6.10 Å². The molecular formula is C22H25Cl2N7O3. The normalized spacial score (nSPS) is 24.9. The van der Waals surface area contributed by atoms with E-state index in [0.717, 1.165) is 12.8 Å². The summed E-state index contributed by atoms with van der Waals surface area (Å²) in [6.07, 6.45) is 3.87. The molecule has 5 N–H and O–H groups in total. The second-order valence-corrected chi connectivity index (χ2v) is 9.51. The van der Waals surface area contributed by atoms with Gasteiger partial charge in [-0.15, -0.1) is 0 Å². The maximum absolute atomic E-state index is 11.7. The zero-order valence-corrected chi connectivity index (χ0v) is 19.8. The van der Waals surface area contributed by atoms with Crippen LogP contribution in [0.3, 0.4) is 0 Å². The molecule has 1 saturated carbocycles. The third-order valence-corrected chi connectivity index (χ3v) is 7.09. The maximum Gasteiger partial charge on any atom is 0.225 e. The van der Waals surface area contributed by atoms with Crippen LogP contribution in [0.15, 0.2) is 24.4 Å². The number of carbonyl (C=O) groups excluding carboxylic acids is 1. The number of aliphatic hydroxyl groups is 1. The molecule has 5 rings (SSSR count). The molecule has 10 nitrogen and oxygen atoms in total. The molecule has 1 aliphatic carbocycles. The van der Waals surface area contributed by atoms with Gasteiger partial charge in [-0.3, -0.25) is 9.36 Å². The van der Waals surface area contributed by atoms with E-state index in [-0.39, 0.29) is 30.5 Å². The van der Waals surface area contributed by atoms with E-state index in [1.165, 1.54) is 0 Å². The molecule has 180 valence electrons. The van der Waals surface area contributed by atoms with Crippen molar-refractivity contribution in [1.29, 1.82) is 0 Å².